The van der Waals surface area contributed by atoms with Crippen molar-refractivity contribution in [2.45, 2.75) is 12.2 Å². The van der Waals surface area contributed by atoms with Crippen LogP contribution in [0.1, 0.15) is 0 Å². The van der Waals surface area contributed by atoms with Gasteiger partial charge in [0.05, 0.1) is 26.4 Å². The summed E-state index contributed by atoms with van der Waals surface area (Å²) in [5, 5.41) is 9.31. The fourth-order valence-electron chi connectivity index (χ4n) is 0.877. The number of aliphatic hydroxyl groups is 1. The molecule has 1 aliphatic heterocycles. The van der Waals surface area contributed by atoms with E-state index in [1.165, 1.54) is 0 Å². The summed E-state index contributed by atoms with van der Waals surface area (Å²) in [6.07, 6.45) is -0.385. The molecule has 1 saturated heterocycles. The van der Waals surface area contributed by atoms with Crippen LogP contribution in [-0.2, 0) is 14.2 Å². The minimum absolute atomic E-state index is 0.223. The number of hydrogen-bond donors (Lipinski definition) is 1. The quantitative estimate of drug-likeness (QED) is 0.333. The normalized spacial score (nSPS) is 21.6. The Morgan fingerprint density at radius 2 is 2.21 bits per heavy atom. The third-order valence-electron chi connectivity index (χ3n) is 1.67. The Balaban J connectivity index is 1.82. The first-order valence-electron chi connectivity index (χ1n) is 4.61. The Bertz CT molecular complexity index is 188. The highest BCUT2D eigenvalue weighted by atomic mass is 16.6. The van der Waals surface area contributed by atoms with Crippen molar-refractivity contribution < 1.29 is 19.3 Å². The highest BCUT2D eigenvalue weighted by Gasteiger charge is 2.22. The molecule has 1 rings (SSSR count). The van der Waals surface area contributed by atoms with Gasteiger partial charge in [0.15, 0.2) is 0 Å². The second-order valence-electron chi connectivity index (χ2n) is 3.10. The predicted molar refractivity (Wildman–Crippen MR) is 48.9 cm³/mol. The summed E-state index contributed by atoms with van der Waals surface area (Å²) in [4.78, 5) is 3.12. The Hall–Kier alpha value is -0.670. The molecule has 2 unspecified atom stereocenters. The van der Waals surface area contributed by atoms with Crippen molar-refractivity contribution >= 4 is 0 Å². The summed E-state index contributed by atoms with van der Waals surface area (Å²) in [6.45, 7) is 8.99. The second kappa shape index (κ2) is 6.74. The molecular weight excluding hydrogens is 186 g/mol. The van der Waals surface area contributed by atoms with Crippen molar-refractivity contribution in [3.8, 4) is 0 Å². The third-order valence-corrected chi connectivity index (χ3v) is 1.67. The molecule has 5 nitrogen and oxygen atoms in total. The van der Waals surface area contributed by atoms with Gasteiger partial charge in [0, 0.05) is 0 Å². The molecule has 0 bridgehead atoms. The van der Waals surface area contributed by atoms with E-state index in [9.17, 15) is 5.11 Å². The Kier molecular flexibility index (Phi) is 5.49. The molecule has 1 fully saturated rings. The zero-order valence-corrected chi connectivity index (χ0v) is 8.02. The molecule has 0 amide bonds. The number of rotatable bonds is 8. The molecular formula is C9H15NO4. The first kappa shape index (κ1) is 11.4. The highest BCUT2D eigenvalue weighted by Crippen LogP contribution is 2.08. The first-order valence-corrected chi connectivity index (χ1v) is 4.61. The van der Waals surface area contributed by atoms with Gasteiger partial charge in [-0.15, -0.1) is 0 Å². The summed E-state index contributed by atoms with van der Waals surface area (Å²) in [6, 6.07) is 0. The average molecular weight is 201 g/mol. The van der Waals surface area contributed by atoms with Gasteiger partial charge in [0.2, 0.25) is 6.54 Å². The van der Waals surface area contributed by atoms with E-state index in [4.69, 9.17) is 20.8 Å². The van der Waals surface area contributed by atoms with Crippen molar-refractivity contribution in [2.75, 3.05) is 39.6 Å². The molecule has 0 aromatic heterocycles. The molecule has 0 spiro atoms. The molecule has 5 heteroatoms. The Morgan fingerprint density at radius 1 is 1.50 bits per heavy atom. The van der Waals surface area contributed by atoms with Crippen LogP contribution in [0.2, 0.25) is 0 Å². The summed E-state index contributed by atoms with van der Waals surface area (Å²) >= 11 is 0. The lowest BCUT2D eigenvalue weighted by atomic mass is 10.4. The van der Waals surface area contributed by atoms with E-state index in [-0.39, 0.29) is 19.3 Å². The van der Waals surface area contributed by atoms with Gasteiger partial charge in [-0.1, -0.05) is 0 Å². The minimum atomic E-state index is -0.612. The molecule has 0 radical (unpaired) electrons. The monoisotopic (exact) mass is 201 g/mol. The number of ether oxygens (including phenoxy) is 3. The maximum absolute atomic E-state index is 9.31. The van der Waals surface area contributed by atoms with Gasteiger partial charge in [0.1, 0.15) is 18.8 Å². The smallest absolute Gasteiger partial charge is 0.237 e. The molecule has 1 aliphatic rings. The van der Waals surface area contributed by atoms with Gasteiger partial charge >= 0.3 is 0 Å². The maximum Gasteiger partial charge on any atom is 0.237 e. The predicted octanol–water partition coefficient (Wildman–Crippen LogP) is -0.301. The van der Waals surface area contributed by atoms with Crippen LogP contribution in [0.15, 0.2) is 0 Å². The molecule has 80 valence electrons. The number of epoxide rings is 1. The molecule has 0 aliphatic carbocycles. The zero-order valence-electron chi connectivity index (χ0n) is 8.02. The van der Waals surface area contributed by atoms with Gasteiger partial charge in [-0.05, 0) is 0 Å². The van der Waals surface area contributed by atoms with Crippen LogP contribution < -0.4 is 0 Å². The van der Waals surface area contributed by atoms with Gasteiger partial charge in [-0.2, -0.15) is 0 Å². The van der Waals surface area contributed by atoms with E-state index >= 15 is 0 Å². The summed E-state index contributed by atoms with van der Waals surface area (Å²) < 4.78 is 15.1. The third kappa shape index (κ3) is 5.89. The summed E-state index contributed by atoms with van der Waals surface area (Å²) in [5.41, 5.74) is 0. The molecule has 14 heavy (non-hydrogen) atoms. The van der Waals surface area contributed by atoms with E-state index < -0.39 is 6.10 Å². The summed E-state index contributed by atoms with van der Waals surface area (Å²) in [7, 11) is 0. The van der Waals surface area contributed by atoms with Crippen LogP contribution in [0.25, 0.3) is 4.85 Å². The van der Waals surface area contributed by atoms with Crippen LogP contribution in [-0.4, -0.2) is 56.9 Å². The fourth-order valence-corrected chi connectivity index (χ4v) is 0.877. The van der Waals surface area contributed by atoms with Crippen LogP contribution in [0.3, 0.4) is 0 Å². The zero-order chi connectivity index (χ0) is 10.2. The van der Waals surface area contributed by atoms with Crippen LogP contribution >= 0.6 is 0 Å². The topological polar surface area (TPSA) is 55.6 Å². The van der Waals surface area contributed by atoms with E-state index in [1.54, 1.807) is 0 Å². The average Bonchev–Trinajstić information content (AvgIpc) is 2.96. The lowest BCUT2D eigenvalue weighted by Crippen LogP contribution is -2.23. The second-order valence-corrected chi connectivity index (χ2v) is 3.10. The van der Waals surface area contributed by atoms with Crippen molar-refractivity contribution in [3.05, 3.63) is 11.4 Å². The number of aliphatic hydroxyl groups excluding tert-OH is 1. The number of nitrogens with zero attached hydrogens (tertiary/aromatic N) is 1. The van der Waals surface area contributed by atoms with Crippen molar-refractivity contribution in [1.29, 1.82) is 0 Å². The van der Waals surface area contributed by atoms with Crippen molar-refractivity contribution in [3.63, 3.8) is 0 Å². The van der Waals surface area contributed by atoms with Crippen LogP contribution in [0.5, 0.6) is 0 Å². The Labute approximate surface area is 83.4 Å². The van der Waals surface area contributed by atoms with Crippen LogP contribution in [0, 0.1) is 6.57 Å². The standard InChI is InChI=1S/C9H15NO4/c1-10-2-3-12-4-8(11)5-13-6-9-7-14-9/h8-9,11H,2-7H2. The van der Waals surface area contributed by atoms with Crippen molar-refractivity contribution in [1.82, 2.24) is 0 Å². The fraction of sp³-hybridized carbons (Fsp3) is 0.889. The molecule has 0 aromatic rings. The SMILES string of the molecule is [C-]#[N+]CCOCC(O)COCC1CO1. The van der Waals surface area contributed by atoms with Crippen molar-refractivity contribution in [2.24, 2.45) is 0 Å². The lowest BCUT2D eigenvalue weighted by molar-refractivity contribution is -0.0191. The summed E-state index contributed by atoms with van der Waals surface area (Å²) in [5.74, 6) is 0. The van der Waals surface area contributed by atoms with Gasteiger partial charge in [-0.25, -0.2) is 6.57 Å². The van der Waals surface area contributed by atoms with Gasteiger partial charge in [0.25, 0.3) is 0 Å². The lowest BCUT2D eigenvalue weighted by Gasteiger charge is -2.09. The van der Waals surface area contributed by atoms with E-state index in [0.29, 0.717) is 19.8 Å². The molecule has 0 saturated carbocycles. The molecule has 2 atom stereocenters. The molecule has 1 N–H and O–H groups in total. The molecule has 1 heterocycles. The molecule has 0 aromatic carbocycles. The maximum atomic E-state index is 9.31. The van der Waals surface area contributed by atoms with Gasteiger partial charge < -0.3 is 24.2 Å². The van der Waals surface area contributed by atoms with E-state index in [1.807, 2.05) is 0 Å². The first-order chi connectivity index (χ1) is 6.83. The largest absolute Gasteiger partial charge is 0.388 e. The Morgan fingerprint density at radius 3 is 2.86 bits per heavy atom. The number of hydrogen-bond acceptors (Lipinski definition) is 4. The van der Waals surface area contributed by atoms with E-state index in [2.05, 4.69) is 4.85 Å². The van der Waals surface area contributed by atoms with Gasteiger partial charge in [-0.3, -0.25) is 0 Å². The highest BCUT2D eigenvalue weighted by molar-refractivity contribution is 4.67. The van der Waals surface area contributed by atoms with E-state index in [0.717, 1.165) is 6.61 Å². The minimum Gasteiger partial charge on any atom is -0.388 e. The van der Waals surface area contributed by atoms with Crippen LogP contribution in [0.4, 0.5) is 0 Å².